The number of hydrogen-bond donors (Lipinski definition) is 1. The van der Waals surface area contributed by atoms with Crippen LogP contribution in [0.25, 0.3) is 11.0 Å². The van der Waals surface area contributed by atoms with Crippen molar-refractivity contribution >= 4 is 44.3 Å². The predicted molar refractivity (Wildman–Crippen MR) is 69.9 cm³/mol. The normalized spacial score (nSPS) is 14.7. The van der Waals surface area contributed by atoms with Gasteiger partial charge in [-0.2, -0.15) is 0 Å². The van der Waals surface area contributed by atoms with Gasteiger partial charge in [0.2, 0.25) is 5.28 Å². The molecule has 3 rings (SSSR count). The number of aromatic nitrogens is 2. The Morgan fingerprint density at radius 2 is 2.25 bits per heavy atom. The van der Waals surface area contributed by atoms with Crippen LogP contribution in [0, 0.1) is 6.92 Å². The number of nitrogens with zero attached hydrogens (tertiary/aromatic N) is 2. The van der Waals surface area contributed by atoms with Crippen LogP contribution in [0.4, 0.5) is 5.69 Å². The Bertz CT molecular complexity index is 603. The number of rotatable bonds is 0. The fourth-order valence-corrected chi connectivity index (χ4v) is 3.14. The Labute approximate surface area is 107 Å². The van der Waals surface area contributed by atoms with Crippen molar-refractivity contribution < 1.29 is 0 Å². The summed E-state index contributed by atoms with van der Waals surface area (Å²) >= 11 is 9.66. The summed E-state index contributed by atoms with van der Waals surface area (Å²) in [7, 11) is 0. The number of imidazole rings is 1. The van der Waals surface area contributed by atoms with Gasteiger partial charge in [-0.15, -0.1) is 0 Å². The third kappa shape index (κ3) is 1.17. The van der Waals surface area contributed by atoms with E-state index in [9.17, 15) is 0 Å². The molecule has 0 atom stereocenters. The maximum absolute atomic E-state index is 6.13. The largest absolute Gasteiger partial charge is 0.396 e. The van der Waals surface area contributed by atoms with Crippen LogP contribution in [-0.2, 0) is 13.0 Å². The Morgan fingerprint density at radius 3 is 3.00 bits per heavy atom. The van der Waals surface area contributed by atoms with Crippen molar-refractivity contribution in [2.45, 2.75) is 26.3 Å². The van der Waals surface area contributed by atoms with Gasteiger partial charge in [-0.25, -0.2) is 4.98 Å². The molecule has 0 unspecified atom stereocenters. The molecule has 0 bridgehead atoms. The number of benzene rings is 1. The Hall–Kier alpha value is -0.740. The van der Waals surface area contributed by atoms with Crippen LogP contribution < -0.4 is 5.73 Å². The first-order valence-corrected chi connectivity index (χ1v) is 6.40. The third-order valence-corrected chi connectivity index (χ3v) is 4.60. The summed E-state index contributed by atoms with van der Waals surface area (Å²) in [6.07, 6.45) is 2.18. The minimum Gasteiger partial charge on any atom is -0.396 e. The summed E-state index contributed by atoms with van der Waals surface area (Å²) in [5, 5.41) is 0.542. The van der Waals surface area contributed by atoms with Crippen LogP contribution >= 0.6 is 27.5 Å². The maximum atomic E-state index is 6.13. The SMILES string of the molecule is Cc1c(Br)c(N)c2nc(Cl)n3c2c1CCC3. The lowest BCUT2D eigenvalue weighted by molar-refractivity contribution is 0.631. The standard InChI is InChI=1S/C11H11BrClN3/c1-5-6-3-2-4-16-10(6)9(15-11(16)13)8(14)7(5)12/h2-4,14H2,1H3. The molecule has 0 spiro atoms. The first-order valence-electron chi connectivity index (χ1n) is 5.23. The van der Waals surface area contributed by atoms with E-state index in [-0.39, 0.29) is 0 Å². The van der Waals surface area contributed by atoms with Gasteiger partial charge in [0, 0.05) is 11.0 Å². The van der Waals surface area contributed by atoms with Crippen molar-refractivity contribution in [2.24, 2.45) is 0 Å². The van der Waals surface area contributed by atoms with Crippen LogP contribution in [0.15, 0.2) is 4.47 Å². The molecule has 0 fully saturated rings. The number of nitrogen functional groups attached to an aromatic ring is 1. The van der Waals surface area contributed by atoms with Gasteiger partial charge in [0.25, 0.3) is 0 Å². The summed E-state index contributed by atoms with van der Waals surface area (Å²) in [5.41, 5.74) is 11.2. The summed E-state index contributed by atoms with van der Waals surface area (Å²) < 4.78 is 3.02. The number of nitrogens with two attached hydrogens (primary N) is 1. The van der Waals surface area contributed by atoms with Gasteiger partial charge in [-0.1, -0.05) is 0 Å². The van der Waals surface area contributed by atoms with E-state index in [2.05, 4.69) is 32.4 Å². The van der Waals surface area contributed by atoms with Gasteiger partial charge in [-0.3, -0.25) is 0 Å². The molecule has 84 valence electrons. The zero-order valence-electron chi connectivity index (χ0n) is 8.85. The molecular weight excluding hydrogens is 289 g/mol. The van der Waals surface area contributed by atoms with E-state index >= 15 is 0 Å². The van der Waals surface area contributed by atoms with Crippen molar-refractivity contribution in [3.05, 3.63) is 20.9 Å². The zero-order chi connectivity index (χ0) is 11.4. The quantitative estimate of drug-likeness (QED) is 0.759. The fraction of sp³-hybridized carbons (Fsp3) is 0.364. The van der Waals surface area contributed by atoms with E-state index in [0.717, 1.165) is 34.9 Å². The highest BCUT2D eigenvalue weighted by atomic mass is 79.9. The van der Waals surface area contributed by atoms with Crippen molar-refractivity contribution in [3.63, 3.8) is 0 Å². The molecule has 1 aliphatic rings. The molecule has 1 aliphatic heterocycles. The van der Waals surface area contributed by atoms with E-state index in [1.807, 2.05) is 0 Å². The molecule has 2 N–H and O–H groups in total. The zero-order valence-corrected chi connectivity index (χ0v) is 11.2. The Balaban J connectivity index is 2.57. The van der Waals surface area contributed by atoms with Crippen molar-refractivity contribution in [2.75, 3.05) is 5.73 Å². The molecule has 5 heteroatoms. The van der Waals surface area contributed by atoms with E-state index in [1.54, 1.807) is 0 Å². The Morgan fingerprint density at radius 1 is 1.50 bits per heavy atom. The average molecular weight is 301 g/mol. The lowest BCUT2D eigenvalue weighted by Crippen LogP contribution is -2.10. The van der Waals surface area contributed by atoms with E-state index in [4.69, 9.17) is 17.3 Å². The number of halogens is 2. The summed E-state index contributed by atoms with van der Waals surface area (Å²) in [6, 6.07) is 0. The third-order valence-electron chi connectivity index (χ3n) is 3.29. The van der Waals surface area contributed by atoms with Gasteiger partial charge in [0.05, 0.1) is 11.2 Å². The second-order valence-corrected chi connectivity index (χ2v) is 5.30. The smallest absolute Gasteiger partial charge is 0.203 e. The Kier molecular flexibility index (Phi) is 2.20. The van der Waals surface area contributed by atoms with Gasteiger partial charge in [0.15, 0.2) is 0 Å². The highest BCUT2D eigenvalue weighted by Gasteiger charge is 2.22. The fourth-order valence-electron chi connectivity index (χ4n) is 2.46. The lowest BCUT2D eigenvalue weighted by Gasteiger charge is -2.19. The van der Waals surface area contributed by atoms with E-state index in [0.29, 0.717) is 11.0 Å². The molecule has 2 aromatic rings. The highest BCUT2D eigenvalue weighted by Crippen LogP contribution is 2.39. The van der Waals surface area contributed by atoms with Gasteiger partial charge in [0.1, 0.15) is 5.52 Å². The molecule has 0 radical (unpaired) electrons. The molecule has 2 heterocycles. The number of aryl methyl sites for hydroxylation is 2. The second-order valence-electron chi connectivity index (χ2n) is 4.16. The lowest BCUT2D eigenvalue weighted by atomic mass is 9.98. The molecule has 3 nitrogen and oxygen atoms in total. The summed E-state index contributed by atoms with van der Waals surface area (Å²) in [6.45, 7) is 3.02. The molecule has 0 amide bonds. The summed E-state index contributed by atoms with van der Waals surface area (Å²) in [4.78, 5) is 4.36. The number of anilines is 1. The molecule has 0 saturated heterocycles. The topological polar surface area (TPSA) is 43.8 Å². The van der Waals surface area contributed by atoms with Crippen LogP contribution in [0.2, 0.25) is 5.28 Å². The van der Waals surface area contributed by atoms with Crippen LogP contribution in [-0.4, -0.2) is 9.55 Å². The summed E-state index contributed by atoms with van der Waals surface area (Å²) in [5.74, 6) is 0. The molecule has 1 aromatic heterocycles. The van der Waals surface area contributed by atoms with Crippen molar-refractivity contribution in [1.82, 2.24) is 9.55 Å². The monoisotopic (exact) mass is 299 g/mol. The van der Waals surface area contributed by atoms with Gasteiger partial charge >= 0.3 is 0 Å². The molecule has 16 heavy (non-hydrogen) atoms. The van der Waals surface area contributed by atoms with Crippen LogP contribution in [0.3, 0.4) is 0 Å². The van der Waals surface area contributed by atoms with Crippen molar-refractivity contribution in [1.29, 1.82) is 0 Å². The molecule has 1 aromatic carbocycles. The highest BCUT2D eigenvalue weighted by molar-refractivity contribution is 9.10. The first kappa shape index (κ1) is 10.4. The van der Waals surface area contributed by atoms with E-state index < -0.39 is 0 Å². The molecule has 0 aliphatic carbocycles. The minimum atomic E-state index is 0.542. The van der Waals surface area contributed by atoms with Gasteiger partial charge < -0.3 is 10.3 Å². The average Bonchev–Trinajstić information content (AvgIpc) is 2.63. The first-order chi connectivity index (χ1) is 7.61. The second kappa shape index (κ2) is 3.37. The van der Waals surface area contributed by atoms with E-state index in [1.165, 1.54) is 11.1 Å². The molecule has 0 saturated carbocycles. The number of hydrogen-bond acceptors (Lipinski definition) is 2. The molecular formula is C11H11BrClN3. The van der Waals surface area contributed by atoms with Crippen LogP contribution in [0.1, 0.15) is 17.5 Å². The maximum Gasteiger partial charge on any atom is 0.203 e. The van der Waals surface area contributed by atoms with Crippen molar-refractivity contribution in [3.8, 4) is 0 Å². The van der Waals surface area contributed by atoms with Gasteiger partial charge in [-0.05, 0) is 58.4 Å². The minimum absolute atomic E-state index is 0.542. The van der Waals surface area contributed by atoms with Crippen LogP contribution in [0.5, 0.6) is 0 Å². The predicted octanol–water partition coefficient (Wildman–Crippen LogP) is 3.29.